The molecule has 1 aromatic carbocycles. The van der Waals surface area contributed by atoms with Crippen LogP contribution in [0, 0.1) is 0 Å². The van der Waals surface area contributed by atoms with Crippen molar-refractivity contribution in [3.63, 3.8) is 0 Å². The van der Waals surface area contributed by atoms with Crippen molar-refractivity contribution in [3.8, 4) is 23.0 Å². The van der Waals surface area contributed by atoms with E-state index in [1.54, 1.807) is 0 Å². The van der Waals surface area contributed by atoms with Crippen molar-refractivity contribution in [2.75, 3.05) is 14.2 Å². The Labute approximate surface area is 186 Å². The van der Waals surface area contributed by atoms with E-state index in [2.05, 4.69) is 41.5 Å². The Balaban J connectivity index is 2.02. The summed E-state index contributed by atoms with van der Waals surface area (Å²) in [6.07, 6.45) is -1.13. The first-order chi connectivity index (χ1) is 14.5. The normalized spacial score (nSPS) is 25.8. The van der Waals surface area contributed by atoms with Crippen molar-refractivity contribution < 1.29 is 33.6 Å². The molecule has 0 radical (unpaired) electrons. The van der Waals surface area contributed by atoms with Crippen LogP contribution in [0.5, 0.6) is 23.0 Å². The van der Waals surface area contributed by atoms with Crippen LogP contribution in [0.15, 0.2) is 0 Å². The van der Waals surface area contributed by atoms with Gasteiger partial charge >= 0.3 is 0 Å². The average molecular weight is 455 g/mol. The number of rotatable bonds is 7. The Kier molecular flexibility index (Phi) is 6.86. The molecule has 1 saturated heterocycles. The number of methoxy groups -OCH3 is 2. The minimum Gasteiger partial charge on any atom is -0.504 e. The van der Waals surface area contributed by atoms with Crippen LogP contribution in [0.1, 0.15) is 78.2 Å². The molecular formula is C23H38O7Si. The van der Waals surface area contributed by atoms with Crippen LogP contribution < -0.4 is 9.47 Å². The molecule has 8 heteroatoms. The highest BCUT2D eigenvalue weighted by Gasteiger charge is 2.52. The van der Waals surface area contributed by atoms with Gasteiger partial charge in [0.15, 0.2) is 17.8 Å². The quantitative estimate of drug-likeness (QED) is 0.412. The van der Waals surface area contributed by atoms with Gasteiger partial charge in [-0.2, -0.15) is 0 Å². The first-order valence-corrected chi connectivity index (χ1v) is 13.3. The van der Waals surface area contributed by atoms with Crippen LogP contribution in [0.3, 0.4) is 0 Å². The Morgan fingerprint density at radius 1 is 0.839 bits per heavy atom. The molecule has 2 aliphatic heterocycles. The standard InChI is InChI=1S/C23H38O7Si/c1-11(2)31(12(3)4,13(5)6)30-16-10-15-21(29-16)18-17(14(7)28-15)19(24)22(26-8)23(27-9)20(18)25/h11-16,21,24-25H,10H2,1-9H3/t14-,15-,16?,21+/m0/s1. The molecule has 1 unspecified atom stereocenters. The highest BCUT2D eigenvalue weighted by atomic mass is 28.4. The predicted octanol–water partition coefficient (Wildman–Crippen LogP) is 5.55. The fourth-order valence-corrected chi connectivity index (χ4v) is 11.3. The molecule has 0 amide bonds. The number of aromatic hydroxyl groups is 2. The molecule has 7 nitrogen and oxygen atoms in total. The lowest BCUT2D eigenvalue weighted by atomic mass is 9.89. The molecule has 0 aliphatic carbocycles. The van der Waals surface area contributed by atoms with Crippen LogP contribution in [0.4, 0.5) is 0 Å². The van der Waals surface area contributed by atoms with Crippen LogP contribution >= 0.6 is 0 Å². The zero-order chi connectivity index (χ0) is 23.2. The smallest absolute Gasteiger partial charge is 0.207 e. The highest BCUT2D eigenvalue weighted by Crippen LogP contribution is 2.58. The van der Waals surface area contributed by atoms with Gasteiger partial charge in [0, 0.05) is 17.5 Å². The summed E-state index contributed by atoms with van der Waals surface area (Å²) in [6.45, 7) is 15.3. The number of fused-ring (bicyclic) bond motifs is 3. The molecule has 31 heavy (non-hydrogen) atoms. The topological polar surface area (TPSA) is 86.6 Å². The maximum absolute atomic E-state index is 11.0. The van der Waals surface area contributed by atoms with E-state index in [4.69, 9.17) is 23.4 Å². The molecule has 2 heterocycles. The Morgan fingerprint density at radius 2 is 1.32 bits per heavy atom. The van der Waals surface area contributed by atoms with E-state index in [9.17, 15) is 10.2 Å². The summed E-state index contributed by atoms with van der Waals surface area (Å²) in [5.41, 5.74) is 2.24. The number of phenols is 2. The first kappa shape index (κ1) is 24.2. The molecule has 176 valence electrons. The van der Waals surface area contributed by atoms with E-state index in [0.717, 1.165) is 0 Å². The summed E-state index contributed by atoms with van der Waals surface area (Å²) >= 11 is 0. The average Bonchev–Trinajstić information content (AvgIpc) is 3.08. The summed E-state index contributed by atoms with van der Waals surface area (Å²) in [4.78, 5) is 0. The molecule has 3 rings (SSSR count). The fourth-order valence-electron chi connectivity index (χ4n) is 5.84. The molecule has 0 spiro atoms. The number of benzene rings is 1. The largest absolute Gasteiger partial charge is 0.504 e. The number of phenolic OH excluding ortho intramolecular Hbond substituents is 2. The second-order valence-electron chi connectivity index (χ2n) is 9.57. The van der Waals surface area contributed by atoms with Gasteiger partial charge in [0.1, 0.15) is 6.10 Å². The number of hydrogen-bond acceptors (Lipinski definition) is 7. The molecule has 4 atom stereocenters. The van der Waals surface area contributed by atoms with Crippen LogP contribution in [0.25, 0.3) is 0 Å². The molecule has 0 aromatic heterocycles. The van der Waals surface area contributed by atoms with Crippen molar-refractivity contribution in [3.05, 3.63) is 11.1 Å². The van der Waals surface area contributed by atoms with Crippen molar-refractivity contribution in [2.24, 2.45) is 0 Å². The predicted molar refractivity (Wildman–Crippen MR) is 121 cm³/mol. The maximum Gasteiger partial charge on any atom is 0.207 e. The third-order valence-corrected chi connectivity index (χ3v) is 13.1. The van der Waals surface area contributed by atoms with Gasteiger partial charge < -0.3 is 33.6 Å². The van der Waals surface area contributed by atoms with Gasteiger partial charge in [-0.3, -0.25) is 0 Å². The zero-order valence-electron chi connectivity index (χ0n) is 20.2. The third-order valence-electron chi connectivity index (χ3n) is 7.02. The van der Waals surface area contributed by atoms with Gasteiger partial charge in [-0.15, -0.1) is 0 Å². The van der Waals surface area contributed by atoms with Gasteiger partial charge in [-0.05, 0) is 23.5 Å². The van der Waals surface area contributed by atoms with Gasteiger partial charge in [-0.1, -0.05) is 41.5 Å². The van der Waals surface area contributed by atoms with E-state index in [0.29, 0.717) is 34.2 Å². The summed E-state index contributed by atoms with van der Waals surface area (Å²) in [5.74, 6) is -0.00139. The highest BCUT2D eigenvalue weighted by molar-refractivity contribution is 6.77. The van der Waals surface area contributed by atoms with Crippen molar-refractivity contribution in [2.45, 2.75) is 96.1 Å². The van der Waals surface area contributed by atoms with E-state index in [1.807, 2.05) is 6.92 Å². The lowest BCUT2D eigenvalue weighted by Crippen LogP contribution is -2.50. The van der Waals surface area contributed by atoms with E-state index < -0.39 is 26.8 Å². The Hall–Kier alpha value is -1.48. The molecule has 0 bridgehead atoms. The lowest BCUT2D eigenvalue weighted by Gasteiger charge is -2.43. The third kappa shape index (κ3) is 3.71. The van der Waals surface area contributed by atoms with E-state index in [-0.39, 0.29) is 29.1 Å². The lowest BCUT2D eigenvalue weighted by molar-refractivity contribution is -0.109. The second kappa shape index (κ2) is 8.81. The van der Waals surface area contributed by atoms with E-state index in [1.165, 1.54) is 14.2 Å². The summed E-state index contributed by atoms with van der Waals surface area (Å²) in [7, 11) is 0.691. The Bertz CT molecular complexity index is 786. The molecule has 1 fully saturated rings. The van der Waals surface area contributed by atoms with E-state index >= 15 is 0 Å². The summed E-state index contributed by atoms with van der Waals surface area (Å²) in [5, 5.41) is 21.9. The van der Waals surface area contributed by atoms with Gasteiger partial charge in [0.2, 0.25) is 19.8 Å². The molecule has 2 N–H and O–H groups in total. The minimum atomic E-state index is -2.16. The van der Waals surface area contributed by atoms with Crippen LogP contribution in [-0.2, 0) is 13.9 Å². The molecular weight excluding hydrogens is 416 g/mol. The minimum absolute atomic E-state index is 0.0852. The Morgan fingerprint density at radius 3 is 1.77 bits per heavy atom. The van der Waals surface area contributed by atoms with Crippen LogP contribution in [-0.4, -0.2) is 45.1 Å². The maximum atomic E-state index is 11.0. The van der Waals surface area contributed by atoms with Gasteiger partial charge in [-0.25, -0.2) is 0 Å². The summed E-state index contributed by atoms with van der Waals surface area (Å²) in [6, 6.07) is 0. The molecule has 2 aliphatic rings. The van der Waals surface area contributed by atoms with Gasteiger partial charge in [0.25, 0.3) is 0 Å². The number of hydrogen-bond donors (Lipinski definition) is 2. The SMILES string of the molecule is COc1c(O)c2c(c(O)c1OC)[C@@H]1OC(O[Si](C(C)C)(C(C)C)C(C)C)C[C@@H]1O[C@H]2C. The number of ether oxygens (including phenoxy) is 4. The van der Waals surface area contributed by atoms with Crippen molar-refractivity contribution >= 4 is 8.32 Å². The zero-order valence-corrected chi connectivity index (χ0v) is 21.2. The monoisotopic (exact) mass is 454 g/mol. The first-order valence-electron chi connectivity index (χ1n) is 11.2. The fraction of sp³-hybridized carbons (Fsp3) is 0.739. The molecule has 0 saturated carbocycles. The van der Waals surface area contributed by atoms with Crippen molar-refractivity contribution in [1.82, 2.24) is 0 Å². The second-order valence-corrected chi connectivity index (χ2v) is 15.0. The summed E-state index contributed by atoms with van der Waals surface area (Å²) < 4.78 is 30.1. The van der Waals surface area contributed by atoms with Crippen LogP contribution in [0.2, 0.25) is 16.6 Å². The van der Waals surface area contributed by atoms with Gasteiger partial charge in [0.05, 0.1) is 26.4 Å². The van der Waals surface area contributed by atoms with Crippen molar-refractivity contribution in [1.29, 1.82) is 0 Å². The molecule has 1 aromatic rings.